The lowest BCUT2D eigenvalue weighted by Crippen LogP contribution is -2.21. The molecule has 0 fully saturated rings. The molecule has 1 heterocycles. The van der Waals surface area contributed by atoms with E-state index >= 15 is 0 Å². The van der Waals surface area contributed by atoms with Crippen LogP contribution in [-0.2, 0) is 0 Å². The lowest BCUT2D eigenvalue weighted by atomic mass is 10.2. The Morgan fingerprint density at radius 1 is 0.923 bits per heavy atom. The molecule has 26 heavy (non-hydrogen) atoms. The normalized spacial score (nSPS) is 10.8. The molecule has 0 aliphatic rings. The first-order valence-electron chi connectivity index (χ1n) is 7.83. The number of ether oxygens (including phenoxy) is 1. The molecule has 0 saturated heterocycles. The summed E-state index contributed by atoms with van der Waals surface area (Å²) in [6, 6.07) is 21.7. The van der Waals surface area contributed by atoms with Crippen LogP contribution in [0.1, 0.15) is 0 Å². The highest BCUT2D eigenvalue weighted by Crippen LogP contribution is 2.25. The fourth-order valence-electron chi connectivity index (χ4n) is 2.61. The highest BCUT2D eigenvalue weighted by molar-refractivity contribution is 9.10. The summed E-state index contributed by atoms with van der Waals surface area (Å²) in [7, 11) is 0. The SMILES string of the molecule is O=c1c2ccccc2nc(Oc2ccc(Br)cc2)n1-c1ccc(Cl)cc1. The first kappa shape index (κ1) is 16.8. The summed E-state index contributed by atoms with van der Waals surface area (Å²) in [5.74, 6) is 0.582. The summed E-state index contributed by atoms with van der Waals surface area (Å²) in [5.41, 5.74) is 1.00. The van der Waals surface area contributed by atoms with E-state index in [1.165, 1.54) is 4.57 Å². The Kier molecular flexibility index (Phi) is 4.49. The van der Waals surface area contributed by atoms with Crippen LogP contribution in [0, 0.1) is 0 Å². The van der Waals surface area contributed by atoms with E-state index in [4.69, 9.17) is 16.3 Å². The zero-order valence-corrected chi connectivity index (χ0v) is 15.7. The van der Waals surface area contributed by atoms with E-state index in [0.717, 1.165) is 4.47 Å². The first-order chi connectivity index (χ1) is 12.6. The summed E-state index contributed by atoms with van der Waals surface area (Å²) in [4.78, 5) is 17.6. The van der Waals surface area contributed by atoms with Crippen molar-refractivity contribution in [2.24, 2.45) is 0 Å². The zero-order chi connectivity index (χ0) is 18.1. The molecule has 1 aromatic heterocycles. The standard InChI is InChI=1S/C20H12BrClN2O2/c21-13-5-11-16(12-6-13)26-20-23-18-4-2-1-3-17(18)19(25)24(20)15-9-7-14(22)8-10-15/h1-12H. The minimum Gasteiger partial charge on any atom is -0.425 e. The van der Waals surface area contributed by atoms with Crippen molar-refractivity contribution in [3.05, 3.63) is 92.6 Å². The Morgan fingerprint density at radius 3 is 2.35 bits per heavy atom. The molecular formula is C20H12BrClN2O2. The van der Waals surface area contributed by atoms with E-state index in [1.807, 2.05) is 24.3 Å². The number of para-hydroxylation sites is 1. The van der Waals surface area contributed by atoms with Gasteiger partial charge in [-0.1, -0.05) is 39.7 Å². The monoisotopic (exact) mass is 426 g/mol. The molecule has 0 atom stereocenters. The molecule has 6 heteroatoms. The van der Waals surface area contributed by atoms with Gasteiger partial charge in [0.2, 0.25) is 0 Å². The number of aromatic nitrogens is 2. The van der Waals surface area contributed by atoms with Crippen LogP contribution in [0.5, 0.6) is 11.8 Å². The fraction of sp³-hybridized carbons (Fsp3) is 0. The zero-order valence-electron chi connectivity index (χ0n) is 13.4. The highest BCUT2D eigenvalue weighted by atomic mass is 79.9. The molecular weight excluding hydrogens is 416 g/mol. The molecule has 0 N–H and O–H groups in total. The van der Waals surface area contributed by atoms with Crippen LogP contribution in [-0.4, -0.2) is 9.55 Å². The molecule has 4 rings (SSSR count). The predicted octanol–water partition coefficient (Wildman–Crippen LogP) is 5.59. The molecule has 0 saturated carbocycles. The van der Waals surface area contributed by atoms with Gasteiger partial charge in [0.1, 0.15) is 5.75 Å². The number of hydrogen-bond acceptors (Lipinski definition) is 3. The summed E-state index contributed by atoms with van der Waals surface area (Å²) in [6.07, 6.45) is 0. The van der Waals surface area contributed by atoms with E-state index in [-0.39, 0.29) is 11.6 Å². The van der Waals surface area contributed by atoms with Crippen molar-refractivity contribution in [2.45, 2.75) is 0 Å². The van der Waals surface area contributed by atoms with Gasteiger partial charge in [-0.05, 0) is 60.7 Å². The number of nitrogens with zero attached hydrogens (tertiary/aromatic N) is 2. The van der Waals surface area contributed by atoms with Gasteiger partial charge in [0.05, 0.1) is 16.6 Å². The maximum Gasteiger partial charge on any atom is 0.310 e. The Hall–Kier alpha value is -2.63. The molecule has 0 spiro atoms. The Labute approximate surface area is 162 Å². The lowest BCUT2D eigenvalue weighted by molar-refractivity contribution is 0.427. The van der Waals surface area contributed by atoms with Crippen molar-refractivity contribution in [1.82, 2.24) is 9.55 Å². The largest absolute Gasteiger partial charge is 0.425 e. The summed E-state index contributed by atoms with van der Waals surface area (Å²) >= 11 is 9.37. The van der Waals surface area contributed by atoms with Crippen LogP contribution in [0.25, 0.3) is 16.6 Å². The topological polar surface area (TPSA) is 44.1 Å². The number of benzene rings is 3. The van der Waals surface area contributed by atoms with E-state index in [9.17, 15) is 4.79 Å². The Bertz CT molecular complexity index is 1140. The number of hydrogen-bond donors (Lipinski definition) is 0. The average Bonchev–Trinajstić information content (AvgIpc) is 2.65. The van der Waals surface area contributed by atoms with Crippen LogP contribution in [0.2, 0.25) is 5.02 Å². The van der Waals surface area contributed by atoms with E-state index < -0.39 is 0 Å². The molecule has 3 aromatic carbocycles. The van der Waals surface area contributed by atoms with Crippen molar-refractivity contribution >= 4 is 38.4 Å². The van der Waals surface area contributed by atoms with Crippen LogP contribution >= 0.6 is 27.5 Å². The summed E-state index contributed by atoms with van der Waals surface area (Å²) in [6.45, 7) is 0. The highest BCUT2D eigenvalue weighted by Gasteiger charge is 2.14. The Morgan fingerprint density at radius 2 is 1.62 bits per heavy atom. The number of fused-ring (bicyclic) bond motifs is 1. The third-order valence-electron chi connectivity index (χ3n) is 3.85. The van der Waals surface area contributed by atoms with Crippen LogP contribution in [0.3, 0.4) is 0 Å². The molecule has 0 radical (unpaired) electrons. The van der Waals surface area contributed by atoms with Crippen LogP contribution in [0.4, 0.5) is 0 Å². The van der Waals surface area contributed by atoms with Gasteiger partial charge in [0.15, 0.2) is 0 Å². The van der Waals surface area contributed by atoms with Gasteiger partial charge in [0, 0.05) is 9.50 Å². The predicted molar refractivity (Wildman–Crippen MR) is 107 cm³/mol. The van der Waals surface area contributed by atoms with Gasteiger partial charge in [-0.3, -0.25) is 4.79 Å². The van der Waals surface area contributed by atoms with Crippen LogP contribution < -0.4 is 10.3 Å². The molecule has 0 unspecified atom stereocenters. The minimum atomic E-state index is -0.204. The first-order valence-corrected chi connectivity index (χ1v) is 9.00. The summed E-state index contributed by atoms with van der Waals surface area (Å²) in [5, 5.41) is 1.11. The average molecular weight is 428 g/mol. The maximum atomic E-state index is 13.1. The second-order valence-corrected chi connectivity index (χ2v) is 6.94. The molecule has 4 nitrogen and oxygen atoms in total. The molecule has 128 valence electrons. The quantitative estimate of drug-likeness (QED) is 0.428. The number of rotatable bonds is 3. The second kappa shape index (κ2) is 6.94. The second-order valence-electron chi connectivity index (χ2n) is 5.58. The summed E-state index contributed by atoms with van der Waals surface area (Å²) < 4.78 is 8.32. The van der Waals surface area contributed by atoms with E-state index in [1.54, 1.807) is 48.5 Å². The lowest BCUT2D eigenvalue weighted by Gasteiger charge is -2.14. The third kappa shape index (κ3) is 3.23. The van der Waals surface area contributed by atoms with Crippen LogP contribution in [0.15, 0.2) is 82.1 Å². The van der Waals surface area contributed by atoms with Crippen molar-refractivity contribution in [3.63, 3.8) is 0 Å². The van der Waals surface area contributed by atoms with Gasteiger partial charge < -0.3 is 4.74 Å². The Balaban J connectivity index is 1.94. The third-order valence-corrected chi connectivity index (χ3v) is 4.63. The van der Waals surface area contributed by atoms with E-state index in [0.29, 0.717) is 27.4 Å². The molecule has 0 bridgehead atoms. The number of halogens is 2. The van der Waals surface area contributed by atoms with E-state index in [2.05, 4.69) is 20.9 Å². The van der Waals surface area contributed by atoms with Crippen molar-refractivity contribution in [2.75, 3.05) is 0 Å². The minimum absolute atomic E-state index is 0.193. The van der Waals surface area contributed by atoms with Gasteiger partial charge in [-0.15, -0.1) is 0 Å². The van der Waals surface area contributed by atoms with Gasteiger partial charge in [0.25, 0.3) is 5.56 Å². The van der Waals surface area contributed by atoms with Crippen molar-refractivity contribution < 1.29 is 4.74 Å². The molecule has 0 aliphatic carbocycles. The molecule has 0 aliphatic heterocycles. The maximum absolute atomic E-state index is 13.1. The van der Waals surface area contributed by atoms with Gasteiger partial charge in [-0.25, -0.2) is 4.57 Å². The van der Waals surface area contributed by atoms with Crippen molar-refractivity contribution in [1.29, 1.82) is 0 Å². The van der Waals surface area contributed by atoms with Gasteiger partial charge in [-0.2, -0.15) is 4.98 Å². The van der Waals surface area contributed by atoms with Gasteiger partial charge >= 0.3 is 6.01 Å². The smallest absolute Gasteiger partial charge is 0.310 e. The van der Waals surface area contributed by atoms with Crippen molar-refractivity contribution in [3.8, 4) is 17.4 Å². The fourth-order valence-corrected chi connectivity index (χ4v) is 3.00. The molecule has 0 amide bonds. The molecule has 4 aromatic rings.